The first-order valence-corrected chi connectivity index (χ1v) is 9.80. The number of carbonyl (C=O) groups excluding carboxylic acids is 2. The highest BCUT2D eigenvalue weighted by Gasteiger charge is 2.58. The van der Waals surface area contributed by atoms with Crippen molar-refractivity contribution in [2.45, 2.75) is 26.7 Å². The van der Waals surface area contributed by atoms with Crippen molar-refractivity contribution in [3.63, 3.8) is 0 Å². The molecule has 146 valence electrons. The van der Waals surface area contributed by atoms with Crippen LogP contribution in [0.3, 0.4) is 0 Å². The minimum atomic E-state index is -0.175. The number of benzene rings is 1. The Hall–Kier alpha value is -3.41. The van der Waals surface area contributed by atoms with Crippen molar-refractivity contribution < 1.29 is 9.59 Å². The topological polar surface area (TPSA) is 86.9 Å². The molecule has 1 fully saturated rings. The Balaban J connectivity index is 1.64. The van der Waals surface area contributed by atoms with Crippen LogP contribution < -0.4 is 10.6 Å². The van der Waals surface area contributed by atoms with E-state index in [4.69, 9.17) is 0 Å². The molecule has 0 aliphatic heterocycles. The molecular formula is C23H22N4O2. The number of Topliss-reactive ketones (excluding diaryl/α,β-unsaturated/α-hetero) is 1. The molecular weight excluding hydrogens is 364 g/mol. The van der Waals surface area contributed by atoms with Crippen LogP contribution in [0.2, 0.25) is 0 Å². The van der Waals surface area contributed by atoms with Gasteiger partial charge in [0.2, 0.25) is 5.91 Å². The predicted octanol–water partition coefficient (Wildman–Crippen LogP) is 4.54. The lowest BCUT2D eigenvalue weighted by atomic mass is 9.87. The maximum atomic E-state index is 13.2. The lowest BCUT2D eigenvalue weighted by Gasteiger charge is -2.18. The van der Waals surface area contributed by atoms with Crippen molar-refractivity contribution in [2.24, 2.45) is 11.3 Å². The third-order valence-electron chi connectivity index (χ3n) is 5.97. The summed E-state index contributed by atoms with van der Waals surface area (Å²) in [7, 11) is 0. The van der Waals surface area contributed by atoms with Gasteiger partial charge in [0.15, 0.2) is 5.78 Å². The molecule has 1 aromatic carbocycles. The van der Waals surface area contributed by atoms with Crippen molar-refractivity contribution in [2.75, 3.05) is 10.6 Å². The van der Waals surface area contributed by atoms with Crippen LogP contribution in [0.4, 0.5) is 17.2 Å². The molecule has 1 amide bonds. The van der Waals surface area contributed by atoms with Crippen molar-refractivity contribution in [3.8, 4) is 11.3 Å². The molecule has 0 spiro atoms. The van der Waals surface area contributed by atoms with Gasteiger partial charge in [-0.05, 0) is 42.5 Å². The van der Waals surface area contributed by atoms with Crippen LogP contribution in [0.25, 0.3) is 11.3 Å². The third-order valence-corrected chi connectivity index (χ3v) is 5.97. The van der Waals surface area contributed by atoms with E-state index in [-0.39, 0.29) is 23.0 Å². The second-order valence-corrected chi connectivity index (χ2v) is 8.28. The average molecular weight is 386 g/mol. The fourth-order valence-electron chi connectivity index (χ4n) is 4.39. The van der Waals surface area contributed by atoms with Crippen LogP contribution in [0.5, 0.6) is 0 Å². The van der Waals surface area contributed by atoms with Crippen LogP contribution in [0.1, 0.15) is 36.3 Å². The Bertz CT molecular complexity index is 1140. The van der Waals surface area contributed by atoms with E-state index in [0.29, 0.717) is 5.82 Å². The van der Waals surface area contributed by atoms with Gasteiger partial charge in [0, 0.05) is 36.0 Å². The van der Waals surface area contributed by atoms with E-state index in [0.717, 1.165) is 46.7 Å². The van der Waals surface area contributed by atoms with Gasteiger partial charge in [-0.2, -0.15) is 0 Å². The molecule has 6 heteroatoms. The second-order valence-electron chi connectivity index (χ2n) is 8.28. The van der Waals surface area contributed by atoms with Gasteiger partial charge in [-0.1, -0.05) is 25.1 Å². The highest BCUT2D eigenvalue weighted by atomic mass is 16.1. The molecule has 2 aliphatic carbocycles. The summed E-state index contributed by atoms with van der Waals surface area (Å²) in [4.78, 5) is 32.4. The first kappa shape index (κ1) is 17.7. The summed E-state index contributed by atoms with van der Waals surface area (Å²) in [5.74, 6) is 0.633. The number of aromatic amines is 1. The summed E-state index contributed by atoms with van der Waals surface area (Å²) in [6, 6.07) is 13.5. The molecule has 0 radical (unpaired) electrons. The predicted molar refractivity (Wildman–Crippen MR) is 112 cm³/mol. The minimum Gasteiger partial charge on any atom is -0.356 e. The molecule has 2 atom stereocenters. The van der Waals surface area contributed by atoms with E-state index in [9.17, 15) is 9.59 Å². The summed E-state index contributed by atoms with van der Waals surface area (Å²) < 4.78 is 0. The zero-order chi connectivity index (χ0) is 20.2. The number of rotatable bonds is 4. The molecule has 0 unspecified atom stereocenters. The van der Waals surface area contributed by atoms with Crippen molar-refractivity contribution >= 4 is 28.9 Å². The van der Waals surface area contributed by atoms with Gasteiger partial charge in [-0.15, -0.1) is 0 Å². The number of carbonyl (C=O) groups is 2. The number of aromatic nitrogens is 2. The molecule has 0 bridgehead atoms. The van der Waals surface area contributed by atoms with Gasteiger partial charge in [0.25, 0.3) is 0 Å². The van der Waals surface area contributed by atoms with Crippen LogP contribution in [0, 0.1) is 11.3 Å². The van der Waals surface area contributed by atoms with Gasteiger partial charge < -0.3 is 15.6 Å². The number of nitrogens with one attached hydrogen (secondary N) is 3. The molecule has 2 aliphatic rings. The summed E-state index contributed by atoms with van der Waals surface area (Å²) in [5, 5.41) is 6.19. The average Bonchev–Trinajstić information content (AvgIpc) is 3.25. The van der Waals surface area contributed by atoms with Crippen molar-refractivity contribution in [3.05, 3.63) is 59.9 Å². The van der Waals surface area contributed by atoms with Crippen LogP contribution in [-0.4, -0.2) is 21.7 Å². The molecule has 6 nitrogen and oxygen atoms in total. The highest BCUT2D eigenvalue weighted by Crippen LogP contribution is 2.60. The van der Waals surface area contributed by atoms with Gasteiger partial charge in [0.1, 0.15) is 5.82 Å². The first-order valence-electron chi connectivity index (χ1n) is 9.80. The fourth-order valence-corrected chi connectivity index (χ4v) is 4.39. The Labute approximate surface area is 168 Å². The SMILES string of the molecule is CC(=O)Nc1cc(-c2[nH]c3c(c2Nc2ccccc2)C(=O)[C@@H]2C[C@]2(C)C3)ccn1. The van der Waals surface area contributed by atoms with E-state index < -0.39 is 0 Å². The summed E-state index contributed by atoms with van der Waals surface area (Å²) >= 11 is 0. The smallest absolute Gasteiger partial charge is 0.222 e. The number of para-hydroxylation sites is 1. The highest BCUT2D eigenvalue weighted by molar-refractivity contribution is 6.10. The van der Waals surface area contributed by atoms with Crippen molar-refractivity contribution in [1.82, 2.24) is 9.97 Å². The summed E-state index contributed by atoms with van der Waals surface area (Å²) in [6.45, 7) is 3.64. The number of fused-ring (bicyclic) bond motifs is 2. The summed E-state index contributed by atoms with van der Waals surface area (Å²) in [5.41, 5.74) is 5.25. The molecule has 2 heterocycles. The van der Waals surface area contributed by atoms with E-state index in [2.05, 4.69) is 27.5 Å². The molecule has 5 rings (SSSR count). The number of nitrogens with zero attached hydrogens (tertiary/aromatic N) is 1. The van der Waals surface area contributed by atoms with Crippen molar-refractivity contribution in [1.29, 1.82) is 0 Å². The molecule has 3 aromatic rings. The number of anilines is 3. The van der Waals surface area contributed by atoms with Crippen LogP contribution >= 0.6 is 0 Å². The van der Waals surface area contributed by atoms with Gasteiger partial charge in [-0.25, -0.2) is 4.98 Å². The number of pyridine rings is 1. The number of hydrogen-bond acceptors (Lipinski definition) is 4. The quantitative estimate of drug-likeness (QED) is 0.614. The van der Waals surface area contributed by atoms with E-state index in [1.807, 2.05) is 42.5 Å². The number of H-pyrrole nitrogens is 1. The van der Waals surface area contributed by atoms with E-state index in [1.54, 1.807) is 6.20 Å². The molecule has 0 saturated heterocycles. The van der Waals surface area contributed by atoms with E-state index >= 15 is 0 Å². The van der Waals surface area contributed by atoms with Crippen LogP contribution in [-0.2, 0) is 11.2 Å². The zero-order valence-electron chi connectivity index (χ0n) is 16.4. The Morgan fingerprint density at radius 3 is 2.79 bits per heavy atom. The van der Waals surface area contributed by atoms with Gasteiger partial charge in [-0.3, -0.25) is 9.59 Å². The first-order chi connectivity index (χ1) is 13.9. The minimum absolute atomic E-state index is 0.0792. The zero-order valence-corrected chi connectivity index (χ0v) is 16.4. The fraction of sp³-hybridized carbons (Fsp3) is 0.261. The monoisotopic (exact) mass is 386 g/mol. The summed E-state index contributed by atoms with van der Waals surface area (Å²) in [6.07, 6.45) is 3.48. The number of hydrogen-bond donors (Lipinski definition) is 3. The molecule has 29 heavy (non-hydrogen) atoms. The lowest BCUT2D eigenvalue weighted by Crippen LogP contribution is -2.19. The largest absolute Gasteiger partial charge is 0.356 e. The maximum absolute atomic E-state index is 13.2. The molecule has 3 N–H and O–H groups in total. The number of amides is 1. The molecule has 2 aromatic heterocycles. The Kier molecular flexibility index (Phi) is 3.84. The second kappa shape index (κ2) is 6.30. The van der Waals surface area contributed by atoms with E-state index in [1.165, 1.54) is 6.92 Å². The standard InChI is InChI=1S/C23H22N4O2/c1-13(28)25-18-10-14(8-9-24-18)20-21(26-15-6-4-3-5-7-15)19-17(27-20)12-23(2)11-16(23)22(19)29/h3-10,16,26-27H,11-12H2,1-2H3,(H,24,25,28)/t16-,23+/m0/s1. The Morgan fingerprint density at radius 1 is 1.24 bits per heavy atom. The lowest BCUT2D eigenvalue weighted by molar-refractivity contribution is -0.114. The van der Waals surface area contributed by atoms with Gasteiger partial charge in [0.05, 0.1) is 16.9 Å². The number of ketones is 1. The maximum Gasteiger partial charge on any atom is 0.222 e. The normalized spacial score (nSPS) is 21.9. The van der Waals surface area contributed by atoms with Gasteiger partial charge >= 0.3 is 0 Å². The Morgan fingerprint density at radius 2 is 2.03 bits per heavy atom. The molecule has 1 saturated carbocycles. The van der Waals surface area contributed by atoms with Crippen LogP contribution in [0.15, 0.2) is 48.7 Å². The third kappa shape index (κ3) is 3.01.